The van der Waals surface area contributed by atoms with Crippen molar-refractivity contribution in [2.75, 3.05) is 25.5 Å². The fourth-order valence-corrected chi connectivity index (χ4v) is 1.82. The Balaban J connectivity index is 2.20. The van der Waals surface area contributed by atoms with E-state index in [1.807, 2.05) is 0 Å². The first kappa shape index (κ1) is 9.34. The summed E-state index contributed by atoms with van der Waals surface area (Å²) in [6.07, 6.45) is 2.48. The Labute approximate surface area is 74.7 Å². The molecule has 0 N–H and O–H groups in total. The lowest BCUT2D eigenvalue weighted by molar-refractivity contribution is 0.292. The smallest absolute Gasteiger partial charge is 0.0235 e. The van der Waals surface area contributed by atoms with Gasteiger partial charge in [0.2, 0.25) is 0 Å². The predicted molar refractivity (Wildman–Crippen MR) is 50.2 cm³/mol. The molecule has 0 aromatic rings. The third-order valence-corrected chi connectivity index (χ3v) is 2.63. The first-order valence-corrected chi connectivity index (χ1v) is 4.96. The van der Waals surface area contributed by atoms with Gasteiger partial charge in [-0.2, -0.15) is 0 Å². The van der Waals surface area contributed by atoms with Gasteiger partial charge in [0, 0.05) is 12.4 Å². The van der Waals surface area contributed by atoms with Gasteiger partial charge in [0.1, 0.15) is 0 Å². The Morgan fingerprint density at radius 3 is 2.64 bits per heavy atom. The van der Waals surface area contributed by atoms with Crippen LogP contribution in [0.15, 0.2) is 0 Å². The molecule has 1 fully saturated rings. The third-order valence-electron chi connectivity index (χ3n) is 2.36. The van der Waals surface area contributed by atoms with Crippen LogP contribution in [0.3, 0.4) is 0 Å². The highest BCUT2D eigenvalue weighted by Gasteiger charge is 2.28. The molecule has 0 unspecified atom stereocenters. The van der Waals surface area contributed by atoms with Crippen LogP contribution in [0.1, 0.15) is 26.7 Å². The molecule has 11 heavy (non-hydrogen) atoms. The molecule has 1 saturated heterocycles. The molecule has 1 aliphatic rings. The van der Waals surface area contributed by atoms with Gasteiger partial charge in [-0.3, -0.25) is 0 Å². The Bertz CT molecular complexity index is 123. The van der Waals surface area contributed by atoms with Crippen LogP contribution in [0.5, 0.6) is 0 Å². The van der Waals surface area contributed by atoms with E-state index in [1.165, 1.54) is 26.1 Å². The van der Waals surface area contributed by atoms with E-state index in [2.05, 4.69) is 18.7 Å². The quantitative estimate of drug-likeness (QED) is 0.596. The number of halogens is 1. The number of nitrogens with zero attached hydrogens (tertiary/aromatic N) is 1. The predicted octanol–water partition coefficient (Wildman–Crippen LogP) is 2.35. The summed E-state index contributed by atoms with van der Waals surface area (Å²) in [5.41, 5.74) is 0.548. The summed E-state index contributed by atoms with van der Waals surface area (Å²) in [5, 5.41) is 0. The molecule has 0 radical (unpaired) electrons. The van der Waals surface area contributed by atoms with E-state index in [0.29, 0.717) is 5.41 Å². The van der Waals surface area contributed by atoms with E-state index in [0.717, 1.165) is 12.3 Å². The highest BCUT2D eigenvalue weighted by Crippen LogP contribution is 2.28. The van der Waals surface area contributed by atoms with Gasteiger partial charge in [-0.15, -0.1) is 11.6 Å². The summed E-state index contributed by atoms with van der Waals surface area (Å²) >= 11 is 5.62. The lowest BCUT2D eigenvalue weighted by Gasteiger charge is -2.18. The van der Waals surface area contributed by atoms with Crippen molar-refractivity contribution < 1.29 is 0 Å². The van der Waals surface area contributed by atoms with Crippen LogP contribution in [0.2, 0.25) is 0 Å². The molecule has 0 aromatic heterocycles. The minimum atomic E-state index is 0.548. The van der Waals surface area contributed by atoms with Gasteiger partial charge >= 0.3 is 0 Å². The topological polar surface area (TPSA) is 3.24 Å². The minimum Gasteiger partial charge on any atom is -0.303 e. The largest absolute Gasteiger partial charge is 0.303 e. The molecular weight excluding hydrogens is 158 g/mol. The third kappa shape index (κ3) is 3.00. The highest BCUT2D eigenvalue weighted by molar-refractivity contribution is 6.17. The Morgan fingerprint density at radius 2 is 2.18 bits per heavy atom. The fourth-order valence-electron chi connectivity index (χ4n) is 1.70. The van der Waals surface area contributed by atoms with Crippen molar-refractivity contribution in [3.8, 4) is 0 Å². The minimum absolute atomic E-state index is 0.548. The molecule has 0 bridgehead atoms. The van der Waals surface area contributed by atoms with Crippen LogP contribution in [0.25, 0.3) is 0 Å². The van der Waals surface area contributed by atoms with Crippen LogP contribution in [0.4, 0.5) is 0 Å². The van der Waals surface area contributed by atoms with Crippen LogP contribution in [-0.4, -0.2) is 30.4 Å². The Morgan fingerprint density at radius 1 is 1.45 bits per heavy atom. The maximum absolute atomic E-state index is 5.62. The zero-order valence-electron chi connectivity index (χ0n) is 7.57. The Hall–Kier alpha value is 0.250. The van der Waals surface area contributed by atoms with E-state index in [9.17, 15) is 0 Å². The second-order valence-electron chi connectivity index (χ2n) is 4.23. The van der Waals surface area contributed by atoms with Gasteiger partial charge in [0.05, 0.1) is 0 Å². The molecule has 1 rings (SSSR count). The fraction of sp³-hybridized carbons (Fsp3) is 1.00. The lowest BCUT2D eigenvalue weighted by atomic mass is 9.93. The van der Waals surface area contributed by atoms with Crippen molar-refractivity contribution in [2.45, 2.75) is 26.7 Å². The van der Waals surface area contributed by atoms with Crippen LogP contribution in [0, 0.1) is 5.41 Å². The number of hydrogen-bond acceptors (Lipinski definition) is 1. The summed E-state index contributed by atoms with van der Waals surface area (Å²) in [6, 6.07) is 0. The molecule has 66 valence electrons. The molecule has 0 aliphatic carbocycles. The van der Waals surface area contributed by atoms with E-state index < -0.39 is 0 Å². The van der Waals surface area contributed by atoms with Gasteiger partial charge in [-0.1, -0.05) is 13.8 Å². The van der Waals surface area contributed by atoms with Gasteiger partial charge < -0.3 is 4.90 Å². The van der Waals surface area contributed by atoms with Crippen molar-refractivity contribution in [1.29, 1.82) is 0 Å². The molecule has 0 atom stereocenters. The van der Waals surface area contributed by atoms with Gasteiger partial charge in [0.25, 0.3) is 0 Å². The molecule has 0 spiro atoms. The number of hydrogen-bond donors (Lipinski definition) is 0. The van der Waals surface area contributed by atoms with Gasteiger partial charge in [-0.05, 0) is 31.3 Å². The number of likely N-dealkylation sites (tertiary alicyclic amines) is 1. The van der Waals surface area contributed by atoms with Crippen molar-refractivity contribution in [3.63, 3.8) is 0 Å². The summed E-state index contributed by atoms with van der Waals surface area (Å²) in [4.78, 5) is 2.52. The maximum atomic E-state index is 5.62. The molecule has 0 saturated carbocycles. The van der Waals surface area contributed by atoms with Crippen molar-refractivity contribution in [1.82, 2.24) is 4.90 Å². The maximum Gasteiger partial charge on any atom is 0.0235 e. The standard InChI is InChI=1S/C9H18ClN/c1-9(2)4-7-11(8-9)6-3-5-10/h3-8H2,1-2H3. The number of rotatable bonds is 3. The monoisotopic (exact) mass is 175 g/mol. The van der Waals surface area contributed by atoms with Crippen molar-refractivity contribution in [2.24, 2.45) is 5.41 Å². The molecule has 1 heterocycles. The van der Waals surface area contributed by atoms with Crippen LogP contribution < -0.4 is 0 Å². The second kappa shape index (κ2) is 3.77. The van der Waals surface area contributed by atoms with E-state index in [-0.39, 0.29) is 0 Å². The highest BCUT2D eigenvalue weighted by atomic mass is 35.5. The Kier molecular flexibility index (Phi) is 3.20. The number of alkyl halides is 1. The normalized spacial score (nSPS) is 24.3. The molecule has 2 heteroatoms. The summed E-state index contributed by atoms with van der Waals surface area (Å²) < 4.78 is 0. The van der Waals surface area contributed by atoms with Crippen molar-refractivity contribution in [3.05, 3.63) is 0 Å². The van der Waals surface area contributed by atoms with Crippen LogP contribution >= 0.6 is 11.6 Å². The zero-order valence-corrected chi connectivity index (χ0v) is 8.32. The summed E-state index contributed by atoms with van der Waals surface area (Å²) in [5.74, 6) is 0.803. The molecule has 0 amide bonds. The van der Waals surface area contributed by atoms with E-state index in [4.69, 9.17) is 11.6 Å². The molecular formula is C9H18ClN. The molecule has 0 aromatic carbocycles. The van der Waals surface area contributed by atoms with Crippen LogP contribution in [-0.2, 0) is 0 Å². The van der Waals surface area contributed by atoms with Crippen molar-refractivity contribution >= 4 is 11.6 Å². The first-order valence-electron chi connectivity index (χ1n) is 4.42. The lowest BCUT2D eigenvalue weighted by Crippen LogP contribution is -2.24. The summed E-state index contributed by atoms with van der Waals surface area (Å²) in [6.45, 7) is 8.39. The zero-order chi connectivity index (χ0) is 8.32. The average Bonchev–Trinajstić information content (AvgIpc) is 2.26. The second-order valence-corrected chi connectivity index (χ2v) is 4.61. The molecule has 1 nitrogen and oxygen atoms in total. The van der Waals surface area contributed by atoms with E-state index >= 15 is 0 Å². The molecule has 1 aliphatic heterocycles. The van der Waals surface area contributed by atoms with E-state index in [1.54, 1.807) is 0 Å². The van der Waals surface area contributed by atoms with Gasteiger partial charge in [0.15, 0.2) is 0 Å². The first-order chi connectivity index (χ1) is 5.14. The summed E-state index contributed by atoms with van der Waals surface area (Å²) in [7, 11) is 0. The van der Waals surface area contributed by atoms with Gasteiger partial charge in [-0.25, -0.2) is 0 Å². The SMILES string of the molecule is CC1(C)CCN(CCCCl)C1. The average molecular weight is 176 g/mol.